The molecule has 260 valence electrons. The summed E-state index contributed by atoms with van der Waals surface area (Å²) in [6.45, 7) is 11.2. The molecule has 2 aliphatic heterocycles. The van der Waals surface area contributed by atoms with Crippen LogP contribution in [0.25, 0.3) is 10.4 Å². The fourth-order valence-corrected chi connectivity index (χ4v) is 9.63. The van der Waals surface area contributed by atoms with Gasteiger partial charge >= 0.3 is 6.09 Å². The highest BCUT2D eigenvalue weighted by molar-refractivity contribution is 7.92. The van der Waals surface area contributed by atoms with Crippen molar-refractivity contribution in [3.63, 3.8) is 0 Å². The molecule has 13 heteroatoms. The zero-order valence-electron chi connectivity index (χ0n) is 28.3. The molecule has 0 aliphatic carbocycles. The molecule has 0 spiro atoms. The number of hydrogen-bond acceptors (Lipinski definition) is 9. The molecule has 47 heavy (non-hydrogen) atoms. The quantitative estimate of drug-likeness (QED) is 0.326. The summed E-state index contributed by atoms with van der Waals surface area (Å²) in [4.78, 5) is 49.2. The minimum absolute atomic E-state index is 0.0229. The first-order chi connectivity index (χ1) is 22.1. The minimum atomic E-state index is -3.99. The van der Waals surface area contributed by atoms with Gasteiger partial charge in [-0.15, -0.1) is 11.3 Å². The highest BCUT2D eigenvalue weighted by atomic mass is 32.2. The number of nitrogens with zero attached hydrogens (tertiary/aromatic N) is 2. The van der Waals surface area contributed by atoms with E-state index >= 15 is 0 Å². The van der Waals surface area contributed by atoms with Gasteiger partial charge in [0.1, 0.15) is 16.4 Å². The number of hydrogen-bond donors (Lipinski definition) is 1. The zero-order valence-corrected chi connectivity index (χ0v) is 30.0. The smallest absolute Gasteiger partial charge is 0.435 e. The first-order valence-electron chi connectivity index (χ1n) is 16.4. The Labute approximate surface area is 282 Å². The van der Waals surface area contributed by atoms with Crippen LogP contribution in [0.1, 0.15) is 84.1 Å². The van der Waals surface area contributed by atoms with Crippen LogP contribution in [0.2, 0.25) is 0 Å². The lowest BCUT2D eigenvalue weighted by molar-refractivity contribution is -0.289. The number of rotatable bonds is 10. The van der Waals surface area contributed by atoms with Gasteiger partial charge in [0.15, 0.2) is 16.1 Å². The van der Waals surface area contributed by atoms with E-state index in [9.17, 15) is 22.8 Å². The summed E-state index contributed by atoms with van der Waals surface area (Å²) in [5.74, 6) is -2.02. The Kier molecular flexibility index (Phi) is 11.8. The van der Waals surface area contributed by atoms with Crippen LogP contribution in [0, 0.1) is 5.92 Å². The normalized spacial score (nSPS) is 22.4. The van der Waals surface area contributed by atoms with E-state index in [0.717, 1.165) is 34.8 Å². The molecule has 2 aromatic rings. The fourth-order valence-electron chi connectivity index (χ4n) is 6.01. The lowest BCUT2D eigenvalue weighted by Gasteiger charge is -2.38. The number of carbonyl (C=O) groups excluding carboxylic acids is 3. The van der Waals surface area contributed by atoms with Gasteiger partial charge in [0.2, 0.25) is 11.8 Å². The molecule has 3 atom stereocenters. The van der Waals surface area contributed by atoms with Crippen LogP contribution in [0.4, 0.5) is 4.79 Å². The Morgan fingerprint density at radius 3 is 2.38 bits per heavy atom. The number of amides is 3. The van der Waals surface area contributed by atoms with Crippen molar-refractivity contribution in [1.82, 2.24) is 9.96 Å². The molecule has 1 aromatic carbocycles. The molecule has 2 saturated heterocycles. The largest absolute Gasteiger partial charge is 0.442 e. The standard InChI is InChI=1S/C34H49N3O8S2/c1-7-24-11-13-25(14-12-24)26-15-16-27(46-26)34(22-28(35)38)17-18-36(19-21-47(34,41)42)31(39)30(23(2)3)37(32(40)44-33(4,5)6)45-29-10-8-9-20-43-29/h11-16,23,29-30H,7-10,17-22H2,1-6H3,(H2,35,38)/t29?,30-,34-/m0/s1. The zero-order chi connectivity index (χ0) is 34.6. The van der Waals surface area contributed by atoms with Crippen LogP contribution in [0.15, 0.2) is 36.4 Å². The predicted octanol–water partition coefficient (Wildman–Crippen LogP) is 5.42. The topological polar surface area (TPSA) is 146 Å². The van der Waals surface area contributed by atoms with E-state index in [0.29, 0.717) is 17.9 Å². The number of hydroxylamine groups is 2. The molecule has 0 bridgehead atoms. The van der Waals surface area contributed by atoms with Crippen molar-refractivity contribution in [1.29, 1.82) is 0 Å². The van der Waals surface area contributed by atoms with E-state index in [1.807, 2.05) is 30.3 Å². The van der Waals surface area contributed by atoms with Crippen LogP contribution >= 0.6 is 11.3 Å². The third-order valence-corrected chi connectivity index (χ3v) is 12.5. The van der Waals surface area contributed by atoms with Crippen LogP contribution in [-0.4, -0.2) is 79.7 Å². The number of thiophene rings is 1. The first-order valence-corrected chi connectivity index (χ1v) is 18.8. The fraction of sp³-hybridized carbons (Fsp3) is 0.618. The van der Waals surface area contributed by atoms with Gasteiger partial charge in [-0.25, -0.2) is 18.0 Å². The van der Waals surface area contributed by atoms with Crippen molar-refractivity contribution in [3.8, 4) is 10.4 Å². The van der Waals surface area contributed by atoms with Crippen LogP contribution in [0.5, 0.6) is 0 Å². The number of aryl methyl sites for hydroxylation is 1. The van der Waals surface area contributed by atoms with Crippen molar-refractivity contribution >= 4 is 39.1 Å². The van der Waals surface area contributed by atoms with Crippen LogP contribution in [0.3, 0.4) is 0 Å². The molecule has 11 nitrogen and oxygen atoms in total. The molecule has 3 heterocycles. The highest BCUT2D eigenvalue weighted by Crippen LogP contribution is 2.45. The summed E-state index contributed by atoms with van der Waals surface area (Å²) in [5.41, 5.74) is 6.97. The SMILES string of the molecule is CCc1ccc(-c2ccc([C@@]3(CC(N)=O)CCN(C(=O)[C@H](C(C)C)N(OC4CCCCO4)C(=O)OC(C)(C)C)CCS3(=O)=O)s2)cc1. The third kappa shape index (κ3) is 8.73. The Hall–Kier alpha value is -3.00. The lowest BCUT2D eigenvalue weighted by Crippen LogP contribution is -2.56. The monoisotopic (exact) mass is 691 g/mol. The number of nitrogens with two attached hydrogens (primary N) is 1. The summed E-state index contributed by atoms with van der Waals surface area (Å²) in [6, 6.07) is 10.6. The lowest BCUT2D eigenvalue weighted by atomic mass is 9.96. The van der Waals surface area contributed by atoms with Crippen molar-refractivity contribution in [3.05, 3.63) is 46.8 Å². The van der Waals surface area contributed by atoms with Crippen molar-refractivity contribution in [2.24, 2.45) is 11.7 Å². The maximum absolute atomic E-state index is 14.3. The van der Waals surface area contributed by atoms with E-state index in [1.54, 1.807) is 40.7 Å². The Balaban J connectivity index is 1.66. The average Bonchev–Trinajstić information content (AvgIpc) is 3.45. The maximum Gasteiger partial charge on any atom is 0.435 e. The number of ether oxygens (including phenoxy) is 2. The molecular formula is C34H49N3O8S2. The highest BCUT2D eigenvalue weighted by Gasteiger charge is 2.50. The number of benzene rings is 1. The minimum Gasteiger partial charge on any atom is -0.442 e. The number of primary amides is 1. The van der Waals surface area contributed by atoms with Crippen molar-refractivity contribution in [2.75, 3.05) is 25.4 Å². The van der Waals surface area contributed by atoms with Gasteiger partial charge in [-0.2, -0.15) is 5.06 Å². The second kappa shape index (κ2) is 15.0. The molecular weight excluding hydrogens is 643 g/mol. The second-order valence-corrected chi connectivity index (χ2v) is 17.1. The van der Waals surface area contributed by atoms with E-state index in [4.69, 9.17) is 20.0 Å². The van der Waals surface area contributed by atoms with Gasteiger partial charge < -0.3 is 20.1 Å². The van der Waals surface area contributed by atoms with E-state index < -0.39 is 62.8 Å². The Morgan fingerprint density at radius 2 is 1.81 bits per heavy atom. The number of carbonyl (C=O) groups is 3. The van der Waals surface area contributed by atoms with Crippen LogP contribution in [-0.2, 0) is 44.9 Å². The molecule has 3 amide bonds. The summed E-state index contributed by atoms with van der Waals surface area (Å²) >= 11 is 1.32. The maximum atomic E-state index is 14.3. The summed E-state index contributed by atoms with van der Waals surface area (Å²) < 4.78 is 38.1. The van der Waals surface area contributed by atoms with Gasteiger partial charge in [0.25, 0.3) is 0 Å². The molecule has 2 fully saturated rings. The summed E-state index contributed by atoms with van der Waals surface area (Å²) in [7, 11) is -3.99. The van der Waals surface area contributed by atoms with E-state index in [2.05, 4.69) is 6.92 Å². The molecule has 1 unspecified atom stereocenters. The van der Waals surface area contributed by atoms with Gasteiger partial charge in [-0.1, -0.05) is 45.0 Å². The van der Waals surface area contributed by atoms with Gasteiger partial charge in [0, 0.05) is 35.9 Å². The average molecular weight is 692 g/mol. The molecule has 0 saturated carbocycles. The van der Waals surface area contributed by atoms with Crippen molar-refractivity contribution < 1.29 is 37.1 Å². The predicted molar refractivity (Wildman–Crippen MR) is 181 cm³/mol. The van der Waals surface area contributed by atoms with Crippen molar-refractivity contribution in [2.45, 2.75) is 103 Å². The first kappa shape index (κ1) is 36.8. The van der Waals surface area contributed by atoms with E-state index in [1.165, 1.54) is 21.8 Å². The molecule has 1 aromatic heterocycles. The van der Waals surface area contributed by atoms with E-state index in [-0.39, 0.29) is 25.3 Å². The Morgan fingerprint density at radius 1 is 1.11 bits per heavy atom. The van der Waals surface area contributed by atoms with Gasteiger partial charge in [-0.05, 0) is 75.6 Å². The summed E-state index contributed by atoms with van der Waals surface area (Å²) in [6.07, 6.45) is 1.14. The third-order valence-electron chi connectivity index (χ3n) is 8.56. The summed E-state index contributed by atoms with van der Waals surface area (Å²) in [5, 5.41) is 0.972. The van der Waals surface area contributed by atoms with Gasteiger partial charge in [0.05, 0.1) is 12.2 Å². The number of sulfone groups is 1. The molecule has 2 aliphatic rings. The van der Waals surface area contributed by atoms with Gasteiger partial charge in [-0.3, -0.25) is 9.59 Å². The Bertz CT molecular complexity index is 1510. The second-order valence-electron chi connectivity index (χ2n) is 13.6. The molecule has 4 rings (SSSR count). The molecule has 0 radical (unpaired) electrons. The molecule has 2 N–H and O–H groups in total. The van der Waals surface area contributed by atoms with Crippen LogP contribution < -0.4 is 5.73 Å².